The van der Waals surface area contributed by atoms with Gasteiger partial charge in [0.05, 0.1) is 23.5 Å². The summed E-state index contributed by atoms with van der Waals surface area (Å²) in [5.74, 6) is 3.80. The molecule has 1 saturated heterocycles. The molecule has 304 valence electrons. The Morgan fingerprint density at radius 1 is 0.982 bits per heavy atom. The molecular formula is C45H66BrN3O5S. The Balaban J connectivity index is 0.939. The zero-order valence-corrected chi connectivity index (χ0v) is 36.3. The van der Waals surface area contributed by atoms with Gasteiger partial charge in [-0.3, -0.25) is 4.79 Å². The van der Waals surface area contributed by atoms with E-state index in [0.717, 1.165) is 48.2 Å². The second kappa shape index (κ2) is 14.8. The van der Waals surface area contributed by atoms with E-state index in [1.165, 1.54) is 68.9 Å². The molecule has 2 N–H and O–H groups in total. The van der Waals surface area contributed by atoms with Crippen LogP contribution in [0.1, 0.15) is 118 Å². The summed E-state index contributed by atoms with van der Waals surface area (Å²) >= 11 is 3.46. The molecule has 7 aliphatic rings. The Kier molecular flexibility index (Phi) is 10.8. The molecule has 55 heavy (non-hydrogen) atoms. The standard InChI is InChI=1S/C45H66BrN3O5S/c1-31-34(32-9-17-44(18-10-32,40(50)51)21-27-54-39-30-33(46)13-22-47-39)11-15-41(2)35(31)12-16-43(4)38(41)8-7-36-37-6-5-14-45(37,20-19-42(36,43)3)48-23-24-49-25-28-55(52,53)29-26-49/h9,11,13,22,30-31,35-38,48H,5-8,10,12,14-21,23-29H2,1-4H3,(H,50,51)/t31?,35?,36?,37-,38?,41?,42-,43?,44?,45+/m1/s1. The minimum atomic E-state index is -2.84. The van der Waals surface area contributed by atoms with Gasteiger partial charge in [-0.25, -0.2) is 13.4 Å². The maximum atomic E-state index is 12.7. The van der Waals surface area contributed by atoms with Gasteiger partial charge < -0.3 is 20.1 Å². The minimum absolute atomic E-state index is 0.253. The van der Waals surface area contributed by atoms with Gasteiger partial charge in [0.2, 0.25) is 5.88 Å². The van der Waals surface area contributed by atoms with E-state index >= 15 is 0 Å². The molecule has 0 amide bonds. The SMILES string of the molecule is CC1C(C2=CCC(CCOc3cc(Br)ccn3)(C(=O)O)CC2)=CCC2(C)C1CCC1(C)C2CCC2[C@H]3CCC[C@]3(NCCN3CCS(=O)(=O)CC3)CC[C@]21C. The van der Waals surface area contributed by atoms with Crippen LogP contribution in [0.25, 0.3) is 0 Å². The number of nitrogens with zero attached hydrogens (tertiary/aromatic N) is 2. The number of sulfone groups is 1. The maximum Gasteiger partial charge on any atom is 0.310 e. The maximum absolute atomic E-state index is 12.7. The first-order chi connectivity index (χ1) is 26.1. The number of ether oxygens (including phenoxy) is 1. The number of carbonyl (C=O) groups is 1. The first-order valence-electron chi connectivity index (χ1n) is 21.7. The third-order valence-corrected chi connectivity index (χ3v) is 20.0. The Bertz CT molecular complexity index is 1800. The second-order valence-electron chi connectivity index (χ2n) is 19.9. The number of halogens is 1. The third kappa shape index (κ3) is 6.90. The number of hydrogen-bond donors (Lipinski definition) is 2. The predicted octanol–water partition coefficient (Wildman–Crippen LogP) is 8.87. The molecule has 10 atom stereocenters. The van der Waals surface area contributed by atoms with E-state index < -0.39 is 21.2 Å². The number of allylic oxidation sites excluding steroid dienone is 4. The first kappa shape index (κ1) is 40.0. The highest BCUT2D eigenvalue weighted by Gasteiger charge is 2.68. The van der Waals surface area contributed by atoms with Crippen molar-refractivity contribution in [1.29, 1.82) is 0 Å². The topological polar surface area (TPSA) is 109 Å². The Labute approximate surface area is 339 Å². The molecule has 10 heteroatoms. The van der Waals surface area contributed by atoms with Gasteiger partial charge in [0.1, 0.15) is 0 Å². The van der Waals surface area contributed by atoms with E-state index in [1.54, 1.807) is 6.20 Å². The van der Waals surface area contributed by atoms with Gasteiger partial charge in [0, 0.05) is 48.5 Å². The van der Waals surface area contributed by atoms with E-state index in [4.69, 9.17) is 4.74 Å². The van der Waals surface area contributed by atoms with Gasteiger partial charge in [-0.2, -0.15) is 0 Å². The predicted molar refractivity (Wildman–Crippen MR) is 222 cm³/mol. The molecule has 1 aromatic rings. The number of hydrogen-bond acceptors (Lipinski definition) is 7. The second-order valence-corrected chi connectivity index (χ2v) is 23.1. The van der Waals surface area contributed by atoms with Crippen molar-refractivity contribution in [3.05, 3.63) is 46.1 Å². The molecule has 8 nitrogen and oxygen atoms in total. The lowest BCUT2D eigenvalue weighted by molar-refractivity contribution is -0.212. The molecule has 6 aliphatic carbocycles. The normalized spacial score (nSPS) is 42.5. The average molecular weight is 841 g/mol. The number of aromatic nitrogens is 1. The van der Waals surface area contributed by atoms with Gasteiger partial charge in [0.25, 0.3) is 0 Å². The van der Waals surface area contributed by atoms with Crippen LogP contribution in [0.4, 0.5) is 0 Å². The number of nitrogens with one attached hydrogen (secondary N) is 1. The number of carboxylic acids is 1. The summed E-state index contributed by atoms with van der Waals surface area (Å²) in [6, 6.07) is 3.68. The van der Waals surface area contributed by atoms with Gasteiger partial charge in [-0.15, -0.1) is 0 Å². The Morgan fingerprint density at radius 3 is 2.51 bits per heavy atom. The molecule has 0 bridgehead atoms. The summed E-state index contributed by atoms with van der Waals surface area (Å²) in [4.78, 5) is 19.3. The van der Waals surface area contributed by atoms with Crippen molar-refractivity contribution in [3.8, 4) is 5.88 Å². The minimum Gasteiger partial charge on any atom is -0.481 e. The van der Waals surface area contributed by atoms with Gasteiger partial charge >= 0.3 is 5.97 Å². The largest absolute Gasteiger partial charge is 0.481 e. The van der Waals surface area contributed by atoms with Crippen molar-refractivity contribution in [2.45, 2.75) is 123 Å². The number of pyridine rings is 1. The van der Waals surface area contributed by atoms with Gasteiger partial charge in [-0.05, 0) is 147 Å². The summed E-state index contributed by atoms with van der Waals surface area (Å²) in [7, 11) is -2.84. The molecule has 1 aliphatic heterocycles. The molecule has 0 aromatic carbocycles. The monoisotopic (exact) mass is 839 g/mol. The lowest BCUT2D eigenvalue weighted by Gasteiger charge is -2.71. The van der Waals surface area contributed by atoms with Crippen LogP contribution in [0.15, 0.2) is 46.1 Å². The van der Waals surface area contributed by atoms with Crippen molar-refractivity contribution >= 4 is 31.7 Å². The highest BCUT2D eigenvalue weighted by molar-refractivity contribution is 9.10. The first-order valence-corrected chi connectivity index (χ1v) is 24.3. The van der Waals surface area contributed by atoms with Crippen LogP contribution < -0.4 is 10.1 Å². The van der Waals surface area contributed by atoms with Crippen LogP contribution in [0.5, 0.6) is 5.88 Å². The van der Waals surface area contributed by atoms with E-state index in [0.29, 0.717) is 79.0 Å². The average Bonchev–Trinajstić information content (AvgIpc) is 3.57. The number of carboxylic acid groups (broad SMARTS) is 1. The number of fused-ring (bicyclic) bond motifs is 7. The molecule has 4 saturated carbocycles. The third-order valence-electron chi connectivity index (χ3n) is 17.9. The van der Waals surface area contributed by atoms with Crippen LogP contribution >= 0.6 is 15.9 Å². The number of aliphatic carboxylic acids is 1. The lowest BCUT2D eigenvalue weighted by atomic mass is 9.34. The van der Waals surface area contributed by atoms with Crippen LogP contribution in [0, 0.1) is 51.2 Å². The van der Waals surface area contributed by atoms with E-state index in [2.05, 4.69) is 71.0 Å². The molecule has 1 aromatic heterocycles. The number of rotatable bonds is 10. The molecular weight excluding hydrogens is 774 g/mol. The smallest absolute Gasteiger partial charge is 0.310 e. The molecule has 7 unspecified atom stereocenters. The van der Waals surface area contributed by atoms with Crippen LogP contribution in [0.2, 0.25) is 0 Å². The summed E-state index contributed by atoms with van der Waals surface area (Å²) in [6.45, 7) is 14.2. The van der Waals surface area contributed by atoms with Gasteiger partial charge in [-0.1, -0.05) is 62.2 Å². The highest BCUT2D eigenvalue weighted by atomic mass is 79.9. The Hall–Kier alpha value is -1.75. The van der Waals surface area contributed by atoms with Crippen molar-refractivity contribution in [2.75, 3.05) is 44.3 Å². The van der Waals surface area contributed by atoms with E-state index in [1.807, 2.05) is 12.1 Å². The summed E-state index contributed by atoms with van der Waals surface area (Å²) in [5, 5.41) is 14.6. The van der Waals surface area contributed by atoms with Crippen molar-refractivity contribution < 1.29 is 23.1 Å². The molecule has 5 fully saturated rings. The molecule has 0 spiro atoms. The van der Waals surface area contributed by atoms with Crippen LogP contribution in [-0.2, 0) is 14.6 Å². The fourth-order valence-corrected chi connectivity index (χ4v) is 16.1. The Morgan fingerprint density at radius 2 is 1.78 bits per heavy atom. The summed E-state index contributed by atoms with van der Waals surface area (Å²) in [5.41, 5.74) is 3.32. The summed E-state index contributed by atoms with van der Waals surface area (Å²) in [6.07, 6.45) is 22.1. The lowest BCUT2D eigenvalue weighted by Crippen LogP contribution is -2.67. The molecule has 0 radical (unpaired) electrons. The van der Waals surface area contributed by atoms with Crippen molar-refractivity contribution in [1.82, 2.24) is 15.2 Å². The van der Waals surface area contributed by atoms with Crippen LogP contribution in [0.3, 0.4) is 0 Å². The summed E-state index contributed by atoms with van der Waals surface area (Å²) < 4.78 is 30.8. The zero-order valence-electron chi connectivity index (χ0n) is 33.9. The molecule has 8 rings (SSSR count). The van der Waals surface area contributed by atoms with Crippen molar-refractivity contribution in [3.63, 3.8) is 0 Å². The fraction of sp³-hybridized carbons (Fsp3) is 0.778. The molecule has 2 heterocycles. The zero-order chi connectivity index (χ0) is 38.9. The van der Waals surface area contributed by atoms with Crippen LogP contribution in [-0.4, -0.2) is 79.2 Å². The van der Waals surface area contributed by atoms with Gasteiger partial charge in [0.15, 0.2) is 9.84 Å². The van der Waals surface area contributed by atoms with Crippen molar-refractivity contribution in [2.24, 2.45) is 51.2 Å². The van der Waals surface area contributed by atoms with E-state index in [-0.39, 0.29) is 11.0 Å². The fourth-order valence-electron chi connectivity index (χ4n) is 14.5. The highest BCUT2D eigenvalue weighted by Crippen LogP contribution is 2.75. The quantitative estimate of drug-likeness (QED) is 0.241. The van der Waals surface area contributed by atoms with E-state index in [9.17, 15) is 18.3 Å².